The minimum atomic E-state index is -5.83. The Labute approximate surface area is 110 Å². The van der Waals surface area contributed by atoms with Crippen molar-refractivity contribution < 1.29 is 27.1 Å². The van der Waals surface area contributed by atoms with Gasteiger partial charge in [0.2, 0.25) is 0 Å². The lowest BCUT2D eigenvalue weighted by Crippen LogP contribution is -2.42. The van der Waals surface area contributed by atoms with Gasteiger partial charge in [-0.3, -0.25) is 0 Å². The molecule has 2 rings (SSSR count). The van der Waals surface area contributed by atoms with Gasteiger partial charge in [-0.1, -0.05) is 18.2 Å². The second-order valence-electron chi connectivity index (χ2n) is 4.08. The van der Waals surface area contributed by atoms with Gasteiger partial charge in [0.25, 0.3) is 0 Å². The predicted octanol–water partition coefficient (Wildman–Crippen LogP) is 3.10. The average Bonchev–Trinajstić information content (AvgIpc) is 2.87. The van der Waals surface area contributed by atoms with Crippen molar-refractivity contribution in [1.29, 1.82) is 0 Å². The highest BCUT2D eigenvalue weighted by molar-refractivity contribution is 5.31. The molecule has 1 heterocycles. The molecule has 2 aromatic rings. The number of aromatic nitrogens is 2. The summed E-state index contributed by atoms with van der Waals surface area (Å²) in [6.07, 6.45) is -7.13. The Morgan fingerprint density at radius 1 is 1.05 bits per heavy atom. The van der Waals surface area contributed by atoms with Crippen molar-refractivity contribution in [1.82, 2.24) is 9.78 Å². The van der Waals surface area contributed by atoms with Crippen LogP contribution in [0.4, 0.5) is 22.0 Å². The van der Waals surface area contributed by atoms with E-state index >= 15 is 0 Å². The molecular weight excluding hydrogens is 283 g/mol. The van der Waals surface area contributed by atoms with Crippen LogP contribution in [0, 0.1) is 0 Å². The molecule has 8 heteroatoms. The molecule has 20 heavy (non-hydrogen) atoms. The molecule has 3 nitrogen and oxygen atoms in total. The first-order valence-corrected chi connectivity index (χ1v) is 5.46. The van der Waals surface area contributed by atoms with Crippen molar-refractivity contribution in [3.63, 3.8) is 0 Å². The summed E-state index contributed by atoms with van der Waals surface area (Å²) in [5, 5.41) is 12.9. The number of para-hydroxylation sites is 1. The lowest BCUT2D eigenvalue weighted by atomic mass is 10.1. The fourth-order valence-corrected chi connectivity index (χ4v) is 1.56. The van der Waals surface area contributed by atoms with Crippen molar-refractivity contribution in [3.8, 4) is 5.69 Å². The molecule has 108 valence electrons. The second kappa shape index (κ2) is 4.86. The quantitative estimate of drug-likeness (QED) is 0.883. The number of halogens is 5. The number of benzene rings is 1. The number of rotatable bonds is 3. The van der Waals surface area contributed by atoms with Crippen LogP contribution in [-0.4, -0.2) is 27.0 Å². The fraction of sp³-hybridized carbons (Fsp3) is 0.250. The van der Waals surface area contributed by atoms with Crippen LogP contribution in [0.25, 0.3) is 5.69 Å². The number of hydrogen-bond acceptors (Lipinski definition) is 2. The third-order valence-corrected chi connectivity index (χ3v) is 2.66. The Morgan fingerprint density at radius 2 is 1.65 bits per heavy atom. The van der Waals surface area contributed by atoms with Crippen LogP contribution in [0.15, 0.2) is 42.7 Å². The summed E-state index contributed by atoms with van der Waals surface area (Å²) < 4.78 is 63.6. The molecule has 1 aromatic heterocycles. The summed E-state index contributed by atoms with van der Waals surface area (Å²) in [5.74, 6) is -5.24. The smallest absolute Gasteiger partial charge is 0.382 e. The Hall–Kier alpha value is -1.96. The number of aliphatic hydroxyl groups excluding tert-OH is 1. The number of aliphatic hydroxyl groups is 1. The topological polar surface area (TPSA) is 38.1 Å². The Balaban J connectivity index is 2.30. The molecule has 0 bridgehead atoms. The minimum Gasteiger partial charge on any atom is -0.382 e. The van der Waals surface area contributed by atoms with Crippen LogP contribution in [0.2, 0.25) is 0 Å². The summed E-state index contributed by atoms with van der Waals surface area (Å²) in [5.41, 5.74) is -0.141. The first kappa shape index (κ1) is 14.4. The monoisotopic (exact) mass is 292 g/mol. The van der Waals surface area contributed by atoms with Crippen LogP contribution in [0.3, 0.4) is 0 Å². The van der Waals surface area contributed by atoms with Crippen molar-refractivity contribution in [2.75, 3.05) is 0 Å². The van der Waals surface area contributed by atoms with Gasteiger partial charge in [0.1, 0.15) is 0 Å². The molecule has 0 aliphatic heterocycles. The van der Waals surface area contributed by atoms with Gasteiger partial charge in [0, 0.05) is 11.8 Å². The maximum absolute atomic E-state index is 13.0. The maximum Gasteiger partial charge on any atom is 0.456 e. The van der Waals surface area contributed by atoms with Gasteiger partial charge in [-0.15, -0.1) is 0 Å². The molecule has 1 atom stereocenters. The van der Waals surface area contributed by atoms with Gasteiger partial charge in [0.05, 0.1) is 11.9 Å². The Morgan fingerprint density at radius 3 is 2.20 bits per heavy atom. The molecule has 0 saturated heterocycles. The number of alkyl halides is 5. The zero-order valence-electron chi connectivity index (χ0n) is 9.85. The van der Waals surface area contributed by atoms with E-state index in [0.717, 1.165) is 17.1 Å². The van der Waals surface area contributed by atoms with Crippen LogP contribution in [0.1, 0.15) is 11.7 Å². The highest BCUT2D eigenvalue weighted by Crippen LogP contribution is 2.44. The number of hydrogen-bond donors (Lipinski definition) is 1. The zero-order valence-corrected chi connectivity index (χ0v) is 9.85. The molecule has 1 aromatic carbocycles. The van der Waals surface area contributed by atoms with Gasteiger partial charge >= 0.3 is 12.1 Å². The summed E-state index contributed by atoms with van der Waals surface area (Å²) in [7, 11) is 0. The SMILES string of the molecule is OC(c1cnn(-c2ccccc2)c1)C(F)(F)C(F)(F)F. The van der Waals surface area contributed by atoms with E-state index in [-0.39, 0.29) is 0 Å². The van der Waals surface area contributed by atoms with E-state index in [1.165, 1.54) is 0 Å². The Bertz CT molecular complexity index is 579. The van der Waals surface area contributed by atoms with E-state index in [9.17, 15) is 27.1 Å². The van der Waals surface area contributed by atoms with Crippen LogP contribution in [-0.2, 0) is 0 Å². The maximum atomic E-state index is 13.0. The first-order valence-electron chi connectivity index (χ1n) is 5.46. The molecule has 0 radical (unpaired) electrons. The van der Waals surface area contributed by atoms with Crippen LogP contribution < -0.4 is 0 Å². The lowest BCUT2D eigenvalue weighted by molar-refractivity contribution is -0.315. The van der Waals surface area contributed by atoms with Gasteiger partial charge in [-0.05, 0) is 12.1 Å². The standard InChI is InChI=1S/C12H9F5N2O/c13-11(14,12(15,16)17)10(20)8-6-18-19(7-8)9-4-2-1-3-5-9/h1-7,10,20H. The molecule has 0 amide bonds. The van der Waals surface area contributed by atoms with E-state index in [4.69, 9.17) is 0 Å². The van der Waals surface area contributed by atoms with E-state index in [1.54, 1.807) is 30.3 Å². The second-order valence-corrected chi connectivity index (χ2v) is 4.08. The lowest BCUT2D eigenvalue weighted by Gasteiger charge is -2.23. The van der Waals surface area contributed by atoms with Crippen molar-refractivity contribution in [2.24, 2.45) is 0 Å². The highest BCUT2D eigenvalue weighted by Gasteiger charge is 2.62. The van der Waals surface area contributed by atoms with E-state index in [2.05, 4.69) is 5.10 Å². The predicted molar refractivity (Wildman–Crippen MR) is 59.5 cm³/mol. The highest BCUT2D eigenvalue weighted by atomic mass is 19.4. The van der Waals surface area contributed by atoms with Gasteiger partial charge in [0.15, 0.2) is 6.10 Å². The summed E-state index contributed by atoms with van der Waals surface area (Å²) in [4.78, 5) is 0. The first-order chi connectivity index (χ1) is 9.23. The van der Waals surface area contributed by atoms with E-state index in [0.29, 0.717) is 5.69 Å². The van der Waals surface area contributed by atoms with Crippen molar-refractivity contribution in [3.05, 3.63) is 48.3 Å². The third kappa shape index (κ3) is 2.51. The van der Waals surface area contributed by atoms with E-state index in [1.807, 2.05) is 0 Å². The number of nitrogens with zero attached hydrogens (tertiary/aromatic N) is 2. The molecular formula is C12H9F5N2O. The average molecular weight is 292 g/mol. The summed E-state index contributed by atoms with van der Waals surface area (Å²) in [6, 6.07) is 8.19. The van der Waals surface area contributed by atoms with E-state index < -0.39 is 23.8 Å². The third-order valence-electron chi connectivity index (χ3n) is 2.66. The molecule has 0 aliphatic carbocycles. The molecule has 0 spiro atoms. The van der Waals surface area contributed by atoms with Crippen molar-refractivity contribution >= 4 is 0 Å². The molecule has 0 saturated carbocycles. The minimum absolute atomic E-state index is 0.473. The normalized spacial score (nSPS) is 14.3. The molecule has 0 aliphatic rings. The van der Waals surface area contributed by atoms with Gasteiger partial charge in [-0.25, -0.2) is 4.68 Å². The zero-order chi connectivity index (χ0) is 15.0. The summed E-state index contributed by atoms with van der Waals surface area (Å²) >= 11 is 0. The Kier molecular flexibility index (Phi) is 3.51. The summed E-state index contributed by atoms with van der Waals surface area (Å²) in [6.45, 7) is 0. The largest absolute Gasteiger partial charge is 0.456 e. The molecule has 0 fully saturated rings. The fourth-order valence-electron chi connectivity index (χ4n) is 1.56. The molecule has 1 N–H and O–H groups in total. The van der Waals surface area contributed by atoms with Crippen LogP contribution >= 0.6 is 0 Å². The van der Waals surface area contributed by atoms with Crippen molar-refractivity contribution in [2.45, 2.75) is 18.2 Å². The van der Waals surface area contributed by atoms with Gasteiger partial charge < -0.3 is 5.11 Å². The van der Waals surface area contributed by atoms with Gasteiger partial charge in [-0.2, -0.15) is 27.1 Å². The molecule has 1 unspecified atom stereocenters. The van der Waals surface area contributed by atoms with Crippen LogP contribution in [0.5, 0.6) is 0 Å².